The van der Waals surface area contributed by atoms with Gasteiger partial charge in [0.25, 0.3) is 0 Å². The van der Waals surface area contributed by atoms with Gasteiger partial charge in [0.2, 0.25) is 0 Å². The van der Waals surface area contributed by atoms with Gasteiger partial charge < -0.3 is 18.8 Å². The summed E-state index contributed by atoms with van der Waals surface area (Å²) in [5.41, 5.74) is 15.4. The third-order valence-corrected chi connectivity index (χ3v) is 26.7. The first-order chi connectivity index (χ1) is 34.0. The van der Waals surface area contributed by atoms with Crippen LogP contribution in [-0.4, -0.2) is 13.1 Å². The van der Waals surface area contributed by atoms with Crippen LogP contribution in [0.2, 0.25) is 0 Å². The molecule has 9 heteroatoms. The molecule has 0 N–H and O–H groups in total. The Bertz CT molecular complexity index is 3790. The van der Waals surface area contributed by atoms with Gasteiger partial charge in [-0.25, -0.2) is 0 Å². The Morgan fingerprint density at radius 3 is 1.12 bits per heavy atom. The maximum atomic E-state index is 16.7. The number of anilines is 4. The normalized spacial score (nSPS) is 18.8. The summed E-state index contributed by atoms with van der Waals surface area (Å²) in [5.74, 6) is 0. The van der Waals surface area contributed by atoms with Crippen LogP contribution in [0.15, 0.2) is 250 Å². The molecule has 0 radical (unpaired) electrons. The quantitative estimate of drug-likeness (QED) is 0.130. The molecule has 10 aromatic rings. The lowest BCUT2D eigenvalue weighted by molar-refractivity contribution is 0.594. The highest BCUT2D eigenvalue weighted by Crippen LogP contribution is 2.76. The number of hydrogen-bond acceptors (Lipinski definition) is 4. The zero-order valence-electron chi connectivity index (χ0n) is 37.1. The van der Waals surface area contributed by atoms with E-state index in [1.54, 1.807) is 0 Å². The molecule has 2 unspecified atom stereocenters. The third-order valence-electron chi connectivity index (χ3n) is 15.9. The maximum absolute atomic E-state index is 16.7. The molecule has 0 amide bonds. The van der Waals surface area contributed by atoms with Gasteiger partial charge in [0, 0.05) is 74.7 Å². The number of para-hydroxylation sites is 2. The van der Waals surface area contributed by atoms with Crippen LogP contribution in [0, 0.1) is 0 Å². The zero-order chi connectivity index (χ0) is 45.4. The summed E-state index contributed by atoms with van der Waals surface area (Å²) in [4.78, 5) is 9.50. The molecule has 6 heterocycles. The Morgan fingerprint density at radius 1 is 0.304 bits per heavy atom. The van der Waals surface area contributed by atoms with E-state index >= 15 is 9.13 Å². The predicted octanol–water partition coefficient (Wildman–Crippen LogP) is 12.7. The molecule has 0 bridgehead atoms. The molecular formula is C60H38B2N2O2P2S. The van der Waals surface area contributed by atoms with Crippen molar-refractivity contribution < 1.29 is 9.13 Å². The van der Waals surface area contributed by atoms with Gasteiger partial charge in [0.1, 0.15) is 14.0 Å². The highest BCUT2D eigenvalue weighted by molar-refractivity contribution is 8.34. The molecule has 2 atom stereocenters. The third kappa shape index (κ3) is 4.54. The molecule has 6 aliphatic rings. The lowest BCUT2D eigenvalue weighted by atomic mass is 9.69. The first-order valence-corrected chi connectivity index (χ1v) is 28.9. The maximum Gasteiger partial charge on any atom is 0.377 e. The van der Waals surface area contributed by atoms with E-state index in [-0.39, 0.29) is 13.1 Å². The van der Waals surface area contributed by atoms with E-state index in [2.05, 4.69) is 240 Å². The average Bonchev–Trinajstić information content (AvgIpc) is 4.05. The Hall–Kier alpha value is -7.26. The lowest BCUT2D eigenvalue weighted by Gasteiger charge is -2.43. The van der Waals surface area contributed by atoms with E-state index in [9.17, 15) is 0 Å². The molecule has 0 saturated heterocycles. The second-order valence-corrected chi connectivity index (χ2v) is 27.5. The van der Waals surface area contributed by atoms with Gasteiger partial charge in [-0.1, -0.05) is 158 Å². The summed E-state index contributed by atoms with van der Waals surface area (Å²) in [5, 5.41) is 3.82. The van der Waals surface area contributed by atoms with E-state index in [0.717, 1.165) is 88.3 Å². The van der Waals surface area contributed by atoms with Gasteiger partial charge in [-0.05, 0) is 117 Å². The van der Waals surface area contributed by atoms with Crippen molar-refractivity contribution in [2.45, 2.75) is 19.6 Å². The number of fused-ring (bicyclic) bond motifs is 22. The Kier molecular flexibility index (Phi) is 7.56. The topological polar surface area (TPSA) is 40.6 Å². The minimum absolute atomic E-state index is 0.344. The Morgan fingerprint density at radius 2 is 0.667 bits per heavy atom. The van der Waals surface area contributed by atoms with Crippen LogP contribution < -0.4 is 41.8 Å². The molecule has 69 heavy (non-hydrogen) atoms. The van der Waals surface area contributed by atoms with Gasteiger partial charge in [-0.15, -0.1) is 10.0 Å². The minimum Gasteiger partial charge on any atom is -0.373 e. The van der Waals surface area contributed by atoms with Crippen molar-refractivity contribution in [3.63, 3.8) is 0 Å². The summed E-state index contributed by atoms with van der Waals surface area (Å²) in [6.07, 6.45) is 0. The number of rotatable bonds is 4. The van der Waals surface area contributed by atoms with Crippen molar-refractivity contribution in [3.05, 3.63) is 231 Å². The molecule has 10 aromatic carbocycles. The first kappa shape index (κ1) is 38.7. The second kappa shape index (κ2) is 13.5. The lowest BCUT2D eigenvalue weighted by Crippen LogP contribution is -2.48. The van der Waals surface area contributed by atoms with E-state index in [1.807, 2.05) is 0 Å². The fraction of sp³-hybridized carbons (Fsp3) is 0. The van der Waals surface area contributed by atoms with Crippen molar-refractivity contribution >= 4 is 92.1 Å². The largest absolute Gasteiger partial charge is 0.377 e. The van der Waals surface area contributed by atoms with Crippen molar-refractivity contribution in [1.82, 2.24) is 0 Å². The Labute approximate surface area is 403 Å². The molecule has 0 aromatic heterocycles. The van der Waals surface area contributed by atoms with E-state index in [1.165, 1.54) is 30.7 Å². The van der Waals surface area contributed by atoms with Crippen molar-refractivity contribution in [2.75, 3.05) is 9.62 Å². The number of benzene rings is 10. The van der Waals surface area contributed by atoms with Crippen LogP contribution in [-0.2, 0) is 9.13 Å². The first-order valence-electron chi connectivity index (χ1n) is 23.7. The van der Waals surface area contributed by atoms with Crippen LogP contribution in [0.5, 0.6) is 0 Å². The van der Waals surface area contributed by atoms with Crippen molar-refractivity contribution in [1.29, 1.82) is 0 Å². The summed E-state index contributed by atoms with van der Waals surface area (Å²) in [6.45, 7) is -0.688. The van der Waals surface area contributed by atoms with Crippen LogP contribution in [0.25, 0.3) is 44.5 Å². The van der Waals surface area contributed by atoms with Crippen LogP contribution >= 0.6 is 24.1 Å². The smallest absolute Gasteiger partial charge is 0.373 e. The van der Waals surface area contributed by atoms with Gasteiger partial charge >= 0.3 is 13.1 Å². The summed E-state index contributed by atoms with van der Waals surface area (Å²) >= 11 is 0. The minimum atomic E-state index is -3.26. The van der Waals surface area contributed by atoms with E-state index in [4.69, 9.17) is 0 Å². The molecule has 4 nitrogen and oxygen atoms in total. The van der Waals surface area contributed by atoms with Crippen LogP contribution in [0.4, 0.5) is 22.7 Å². The van der Waals surface area contributed by atoms with Crippen molar-refractivity contribution in [2.24, 2.45) is 0 Å². The molecule has 6 aliphatic heterocycles. The Balaban J connectivity index is 0.942. The van der Waals surface area contributed by atoms with Crippen molar-refractivity contribution in [3.8, 4) is 44.5 Å². The van der Waals surface area contributed by atoms with Gasteiger partial charge in [-0.2, -0.15) is 0 Å². The van der Waals surface area contributed by atoms with Gasteiger partial charge in [-0.3, -0.25) is 0 Å². The number of hydrogen-bond donors (Lipinski definition) is 0. The van der Waals surface area contributed by atoms with Crippen LogP contribution in [0.1, 0.15) is 0 Å². The van der Waals surface area contributed by atoms with Gasteiger partial charge in [0.05, 0.1) is 0 Å². The highest BCUT2D eigenvalue weighted by atomic mass is 32.3. The summed E-state index contributed by atoms with van der Waals surface area (Å²) < 4.78 is 33.4. The zero-order valence-corrected chi connectivity index (χ0v) is 39.7. The number of nitrogens with zero attached hydrogens (tertiary/aromatic N) is 2. The molecule has 16 rings (SSSR count). The molecule has 0 fully saturated rings. The molecule has 0 saturated carbocycles. The average molecular weight is 935 g/mol. The van der Waals surface area contributed by atoms with E-state index < -0.39 is 24.1 Å². The fourth-order valence-electron chi connectivity index (χ4n) is 13.4. The SMILES string of the molecule is O=P12B3c4ccccc4-c4ccccc4N3c3cccc(c31)-c1cc(S(c3ccccc3)(c3ccccc3)c3ccc4c(c3)-c3cccc5c3P4(=O)B3c4ccccc4-c4ccccc4N35)ccc12. The van der Waals surface area contributed by atoms with Crippen LogP contribution in [0.3, 0.4) is 0 Å². The fourth-order valence-corrected chi connectivity index (χ4v) is 25.0. The molecule has 322 valence electrons. The second-order valence-electron chi connectivity index (χ2n) is 19.0. The molecular weight excluding hydrogens is 896 g/mol. The molecule has 0 aliphatic carbocycles. The standard InChI is InChI=1S/C60H38B2N2O2P2S/c65-67-57-35-33-41(37-49(57)47-25-15-31-55(59(47)67)63-53-29-13-9-23-45(53)43-21-7-11-27-51(43)61(63)67)69(39-17-3-1-4-18-39,40-19-5-2-6-20-40)42-34-36-58-50(38-42)48-26-16-32-56-60(48)68(58,66)62-52-28-12-8-22-44(52)46-24-10-14-30-54(46)64(56)62/h1-38H. The molecule has 0 spiro atoms. The predicted molar refractivity (Wildman–Crippen MR) is 290 cm³/mol. The van der Waals surface area contributed by atoms with E-state index in [0.29, 0.717) is 0 Å². The summed E-state index contributed by atoms with van der Waals surface area (Å²) in [6, 6.07) is 83.2. The van der Waals surface area contributed by atoms with Gasteiger partial charge in [0.15, 0.2) is 0 Å². The highest BCUT2D eigenvalue weighted by Gasteiger charge is 2.62. The summed E-state index contributed by atoms with van der Waals surface area (Å²) in [7, 11) is -8.77. The monoisotopic (exact) mass is 934 g/mol.